The molecule has 1 aliphatic rings. The van der Waals surface area contributed by atoms with Crippen LogP contribution in [0.5, 0.6) is 0 Å². The van der Waals surface area contributed by atoms with E-state index in [4.69, 9.17) is 0 Å². The summed E-state index contributed by atoms with van der Waals surface area (Å²) in [4.78, 5) is 22.4. The number of amides is 1. The summed E-state index contributed by atoms with van der Waals surface area (Å²) in [5, 5.41) is 3.63. The Kier molecular flexibility index (Phi) is 5.88. The van der Waals surface area contributed by atoms with Crippen molar-refractivity contribution in [2.45, 2.75) is 25.4 Å². The van der Waals surface area contributed by atoms with Gasteiger partial charge < -0.3 is 10.2 Å². The molecule has 2 aromatic heterocycles. The number of hydrogen-bond donors (Lipinski definition) is 1. The Morgan fingerprint density at radius 3 is 2.61 bits per heavy atom. The van der Waals surface area contributed by atoms with Crippen molar-refractivity contribution in [2.75, 3.05) is 23.3 Å². The summed E-state index contributed by atoms with van der Waals surface area (Å²) in [7, 11) is 0. The summed E-state index contributed by atoms with van der Waals surface area (Å²) >= 11 is 0. The van der Waals surface area contributed by atoms with Gasteiger partial charge in [-0.05, 0) is 49.6 Å². The third-order valence-corrected chi connectivity index (χ3v) is 5.12. The van der Waals surface area contributed by atoms with Crippen molar-refractivity contribution in [3.63, 3.8) is 0 Å². The molecule has 0 unspecified atom stereocenters. The van der Waals surface area contributed by atoms with Crippen molar-refractivity contribution in [2.24, 2.45) is 0 Å². The maximum Gasteiger partial charge on any atom is 0.433 e. The zero-order chi connectivity index (χ0) is 21.8. The van der Waals surface area contributed by atoms with Gasteiger partial charge in [0.15, 0.2) is 0 Å². The zero-order valence-electron chi connectivity index (χ0n) is 16.7. The lowest BCUT2D eigenvalue weighted by Crippen LogP contribution is -2.31. The molecule has 1 saturated heterocycles. The lowest BCUT2D eigenvalue weighted by atomic mass is 10.1. The van der Waals surface area contributed by atoms with E-state index in [1.165, 1.54) is 18.2 Å². The first-order chi connectivity index (χ1) is 14.9. The molecular weight excluding hydrogens is 405 g/mol. The molecule has 1 fully saturated rings. The highest BCUT2D eigenvalue weighted by molar-refractivity contribution is 6.03. The molecule has 3 heterocycles. The van der Waals surface area contributed by atoms with Crippen LogP contribution in [0, 0.1) is 0 Å². The first-order valence-corrected chi connectivity index (χ1v) is 10.1. The topological polar surface area (TPSA) is 58.1 Å². The number of fused-ring (bicyclic) bond motifs is 1. The molecule has 0 bridgehead atoms. The highest BCUT2D eigenvalue weighted by Crippen LogP contribution is 2.32. The third-order valence-electron chi connectivity index (χ3n) is 5.12. The molecule has 5 nitrogen and oxygen atoms in total. The van der Waals surface area contributed by atoms with Gasteiger partial charge in [0.05, 0.1) is 17.4 Å². The first-order valence-electron chi connectivity index (χ1n) is 10.1. The van der Waals surface area contributed by atoms with Crippen LogP contribution in [0.15, 0.2) is 54.7 Å². The number of piperidine rings is 1. The number of carbonyl (C=O) groups is 1. The average molecular weight is 426 g/mol. The molecule has 1 aromatic carbocycles. The predicted molar refractivity (Wildman–Crippen MR) is 115 cm³/mol. The van der Waals surface area contributed by atoms with E-state index < -0.39 is 17.8 Å². The first kappa shape index (κ1) is 20.8. The Balaban J connectivity index is 1.55. The van der Waals surface area contributed by atoms with Gasteiger partial charge in [-0.3, -0.25) is 9.78 Å². The number of para-hydroxylation sites is 1. The molecule has 31 heavy (non-hydrogen) atoms. The van der Waals surface area contributed by atoms with E-state index in [0.29, 0.717) is 24.3 Å². The highest BCUT2D eigenvalue weighted by Gasteiger charge is 2.33. The van der Waals surface area contributed by atoms with Crippen molar-refractivity contribution in [3.05, 3.63) is 66.0 Å². The normalized spacial score (nSPS) is 14.9. The number of pyridine rings is 2. The Bertz CT molecular complexity index is 1120. The van der Waals surface area contributed by atoms with E-state index in [1.807, 2.05) is 35.2 Å². The standard InChI is InChI=1S/C23H21F3N4O/c24-23(25,26)20-10-8-16(22(29-20)30-12-4-1-5-13-30)9-11-21(31)28-18-14-17-6-2-3-7-19(17)27-15-18/h2-3,6-11,14-15H,1,4-5,12-13H2,(H,28,31). The molecule has 0 spiro atoms. The van der Waals surface area contributed by atoms with E-state index in [0.717, 1.165) is 36.2 Å². The SMILES string of the molecule is O=C(C=Cc1ccc(C(F)(F)F)nc1N1CCCCC1)Nc1cnc2ccccc2c1. The molecule has 0 saturated carbocycles. The molecule has 0 radical (unpaired) electrons. The number of alkyl halides is 3. The quantitative estimate of drug-likeness (QED) is 0.576. The Morgan fingerprint density at radius 1 is 1.06 bits per heavy atom. The highest BCUT2D eigenvalue weighted by atomic mass is 19.4. The van der Waals surface area contributed by atoms with Crippen LogP contribution in [0.25, 0.3) is 17.0 Å². The van der Waals surface area contributed by atoms with E-state index in [9.17, 15) is 18.0 Å². The Hall–Kier alpha value is -3.42. The lowest BCUT2D eigenvalue weighted by Gasteiger charge is -2.29. The van der Waals surface area contributed by atoms with Crippen molar-refractivity contribution < 1.29 is 18.0 Å². The molecule has 3 aromatic rings. The number of aromatic nitrogens is 2. The smallest absolute Gasteiger partial charge is 0.356 e. The molecule has 1 amide bonds. The van der Waals surface area contributed by atoms with Crippen LogP contribution in [-0.2, 0) is 11.0 Å². The van der Waals surface area contributed by atoms with Gasteiger partial charge in [0.1, 0.15) is 11.5 Å². The maximum atomic E-state index is 13.2. The van der Waals surface area contributed by atoms with Crippen molar-refractivity contribution >= 4 is 34.4 Å². The van der Waals surface area contributed by atoms with Crippen LogP contribution in [0.2, 0.25) is 0 Å². The van der Waals surface area contributed by atoms with Gasteiger partial charge in [-0.2, -0.15) is 13.2 Å². The molecule has 1 N–H and O–H groups in total. The van der Waals surface area contributed by atoms with Crippen LogP contribution in [0.1, 0.15) is 30.5 Å². The van der Waals surface area contributed by atoms with Crippen LogP contribution < -0.4 is 10.2 Å². The van der Waals surface area contributed by atoms with E-state index in [-0.39, 0.29) is 5.82 Å². The fraction of sp³-hybridized carbons (Fsp3) is 0.261. The summed E-state index contributed by atoms with van der Waals surface area (Å²) in [6.07, 6.45) is 2.68. The Labute approximate surface area is 177 Å². The Morgan fingerprint density at radius 2 is 1.84 bits per heavy atom. The van der Waals surface area contributed by atoms with Crippen LogP contribution in [0.3, 0.4) is 0 Å². The summed E-state index contributed by atoms with van der Waals surface area (Å²) in [5.74, 6) is -0.146. The number of benzene rings is 1. The second-order valence-corrected chi connectivity index (χ2v) is 7.39. The van der Waals surface area contributed by atoms with Crippen LogP contribution in [-0.4, -0.2) is 29.0 Å². The van der Waals surface area contributed by atoms with Crippen LogP contribution >= 0.6 is 0 Å². The zero-order valence-corrected chi connectivity index (χ0v) is 16.7. The van der Waals surface area contributed by atoms with E-state index in [1.54, 1.807) is 6.20 Å². The second-order valence-electron chi connectivity index (χ2n) is 7.39. The monoisotopic (exact) mass is 426 g/mol. The number of anilines is 2. The van der Waals surface area contributed by atoms with Crippen molar-refractivity contribution in [1.82, 2.24) is 9.97 Å². The number of nitrogens with one attached hydrogen (secondary N) is 1. The maximum absolute atomic E-state index is 13.2. The molecule has 1 aliphatic heterocycles. The summed E-state index contributed by atoms with van der Waals surface area (Å²) in [5.41, 5.74) is 0.895. The second kappa shape index (κ2) is 8.75. The van der Waals surface area contributed by atoms with E-state index >= 15 is 0 Å². The van der Waals surface area contributed by atoms with Crippen molar-refractivity contribution in [3.8, 4) is 0 Å². The largest absolute Gasteiger partial charge is 0.433 e. The van der Waals surface area contributed by atoms with Gasteiger partial charge in [-0.25, -0.2) is 4.98 Å². The van der Waals surface area contributed by atoms with Gasteiger partial charge in [0.25, 0.3) is 0 Å². The van der Waals surface area contributed by atoms with Crippen molar-refractivity contribution in [1.29, 1.82) is 0 Å². The number of rotatable bonds is 4. The number of hydrogen-bond acceptors (Lipinski definition) is 4. The molecule has 160 valence electrons. The third kappa shape index (κ3) is 5.02. The molecule has 0 aliphatic carbocycles. The van der Waals surface area contributed by atoms with Gasteiger partial charge in [-0.15, -0.1) is 0 Å². The number of halogens is 3. The lowest BCUT2D eigenvalue weighted by molar-refractivity contribution is -0.141. The number of carbonyl (C=O) groups excluding carboxylic acids is 1. The fourth-order valence-corrected chi connectivity index (χ4v) is 3.59. The fourth-order valence-electron chi connectivity index (χ4n) is 3.59. The molecular formula is C23H21F3N4O. The molecule has 4 rings (SSSR count). The van der Waals surface area contributed by atoms with Gasteiger partial charge in [-0.1, -0.05) is 18.2 Å². The minimum absolute atomic E-state index is 0.256. The summed E-state index contributed by atoms with van der Waals surface area (Å²) in [6, 6.07) is 11.7. The predicted octanol–water partition coefficient (Wildman–Crippen LogP) is 5.29. The number of nitrogens with zero attached hydrogens (tertiary/aromatic N) is 3. The summed E-state index contributed by atoms with van der Waals surface area (Å²) < 4.78 is 39.5. The molecule has 0 atom stereocenters. The van der Waals surface area contributed by atoms with E-state index in [2.05, 4.69) is 15.3 Å². The van der Waals surface area contributed by atoms with Gasteiger partial charge in [0.2, 0.25) is 5.91 Å². The minimum Gasteiger partial charge on any atom is -0.356 e. The van der Waals surface area contributed by atoms with Gasteiger partial charge >= 0.3 is 6.18 Å². The summed E-state index contributed by atoms with van der Waals surface area (Å²) in [6.45, 7) is 1.29. The van der Waals surface area contributed by atoms with Gasteiger partial charge in [0, 0.05) is 30.1 Å². The average Bonchev–Trinajstić information content (AvgIpc) is 2.77. The van der Waals surface area contributed by atoms with Crippen LogP contribution in [0.4, 0.5) is 24.7 Å². The molecule has 8 heteroatoms. The minimum atomic E-state index is -4.52.